The normalized spacial score (nSPS) is 12.2. The number of benzene rings is 1. The maximum absolute atomic E-state index is 9.35. The Labute approximate surface area is 89.1 Å². The molecule has 1 atom stereocenters. The lowest BCUT2D eigenvalue weighted by Crippen LogP contribution is -2.18. The summed E-state index contributed by atoms with van der Waals surface area (Å²) in [5.74, 6) is 1.23. The van der Waals surface area contributed by atoms with Crippen molar-refractivity contribution in [3.8, 4) is 11.5 Å². The monoisotopic (exact) mass is 212 g/mol. The second-order valence-corrected chi connectivity index (χ2v) is 3.13. The zero-order valence-electron chi connectivity index (χ0n) is 8.72. The number of aliphatic hydroxyl groups is 2. The van der Waals surface area contributed by atoms with Crippen LogP contribution in [-0.2, 0) is 0 Å². The average molecular weight is 212 g/mol. The van der Waals surface area contributed by atoms with E-state index in [1.165, 1.54) is 0 Å². The molecule has 0 aliphatic rings. The van der Waals surface area contributed by atoms with Crippen LogP contribution in [0.1, 0.15) is 6.42 Å². The van der Waals surface area contributed by atoms with Crippen molar-refractivity contribution in [2.24, 2.45) is 0 Å². The second kappa shape index (κ2) is 6.27. The SMILES string of the molecule is COc1ccccc1OCC(O)CCO. The van der Waals surface area contributed by atoms with Gasteiger partial charge in [-0.1, -0.05) is 12.1 Å². The first-order valence-electron chi connectivity index (χ1n) is 4.82. The average Bonchev–Trinajstić information content (AvgIpc) is 2.27. The van der Waals surface area contributed by atoms with E-state index in [1.807, 2.05) is 12.1 Å². The summed E-state index contributed by atoms with van der Waals surface area (Å²) in [6.45, 7) is 0.109. The number of ether oxygens (including phenoxy) is 2. The van der Waals surface area contributed by atoms with Crippen molar-refractivity contribution in [3.05, 3.63) is 24.3 Å². The van der Waals surface area contributed by atoms with Gasteiger partial charge >= 0.3 is 0 Å². The molecule has 4 nitrogen and oxygen atoms in total. The van der Waals surface area contributed by atoms with Gasteiger partial charge in [0.25, 0.3) is 0 Å². The molecule has 0 saturated heterocycles. The van der Waals surface area contributed by atoms with Crippen LogP contribution >= 0.6 is 0 Å². The molecule has 1 unspecified atom stereocenters. The van der Waals surface area contributed by atoms with Gasteiger partial charge in [0, 0.05) is 6.61 Å². The number of methoxy groups -OCH3 is 1. The molecule has 0 fully saturated rings. The van der Waals surface area contributed by atoms with Crippen molar-refractivity contribution < 1.29 is 19.7 Å². The molecule has 1 rings (SSSR count). The van der Waals surface area contributed by atoms with Crippen LogP contribution in [0.4, 0.5) is 0 Å². The highest BCUT2D eigenvalue weighted by Crippen LogP contribution is 2.25. The lowest BCUT2D eigenvalue weighted by Gasteiger charge is -2.13. The fourth-order valence-electron chi connectivity index (χ4n) is 1.16. The Morgan fingerprint density at radius 2 is 1.93 bits per heavy atom. The lowest BCUT2D eigenvalue weighted by molar-refractivity contribution is 0.0809. The predicted octanol–water partition coefficient (Wildman–Crippen LogP) is 0.817. The molecule has 0 spiro atoms. The third-order valence-electron chi connectivity index (χ3n) is 1.96. The molecule has 1 aromatic rings. The van der Waals surface area contributed by atoms with Crippen LogP contribution in [0, 0.1) is 0 Å². The molecule has 0 bridgehead atoms. The van der Waals surface area contributed by atoms with Crippen LogP contribution in [0.5, 0.6) is 11.5 Å². The van der Waals surface area contributed by atoms with Gasteiger partial charge < -0.3 is 19.7 Å². The fraction of sp³-hybridized carbons (Fsp3) is 0.455. The van der Waals surface area contributed by atoms with Gasteiger partial charge in [0.05, 0.1) is 13.2 Å². The van der Waals surface area contributed by atoms with Crippen molar-refractivity contribution in [1.29, 1.82) is 0 Å². The topological polar surface area (TPSA) is 58.9 Å². The van der Waals surface area contributed by atoms with Gasteiger partial charge in [0.2, 0.25) is 0 Å². The van der Waals surface area contributed by atoms with E-state index < -0.39 is 6.10 Å². The maximum Gasteiger partial charge on any atom is 0.161 e. The predicted molar refractivity (Wildman–Crippen MR) is 56.2 cm³/mol. The lowest BCUT2D eigenvalue weighted by atomic mass is 10.3. The standard InChI is InChI=1S/C11H16O4/c1-14-10-4-2-3-5-11(10)15-8-9(13)6-7-12/h2-5,9,12-13H,6-8H2,1H3. The minimum Gasteiger partial charge on any atom is -0.493 e. The molecule has 0 aliphatic carbocycles. The number of rotatable bonds is 6. The van der Waals surface area contributed by atoms with Gasteiger partial charge in [-0.3, -0.25) is 0 Å². The molecule has 1 aromatic carbocycles. The van der Waals surface area contributed by atoms with E-state index in [0.717, 1.165) is 0 Å². The molecule has 4 heteroatoms. The Bertz CT molecular complexity index is 288. The Hall–Kier alpha value is -1.26. The summed E-state index contributed by atoms with van der Waals surface area (Å²) in [5.41, 5.74) is 0. The Kier molecular flexibility index (Phi) is 4.93. The third-order valence-corrected chi connectivity index (χ3v) is 1.96. The van der Waals surface area contributed by atoms with Gasteiger partial charge in [-0.05, 0) is 18.6 Å². The molecular weight excluding hydrogens is 196 g/mol. The fourth-order valence-corrected chi connectivity index (χ4v) is 1.16. The first-order chi connectivity index (χ1) is 7.27. The Morgan fingerprint density at radius 1 is 1.27 bits per heavy atom. The quantitative estimate of drug-likeness (QED) is 0.733. The van der Waals surface area contributed by atoms with Crippen molar-refractivity contribution in [1.82, 2.24) is 0 Å². The Morgan fingerprint density at radius 3 is 2.53 bits per heavy atom. The molecule has 15 heavy (non-hydrogen) atoms. The summed E-state index contributed by atoms with van der Waals surface area (Å²) in [6.07, 6.45) is -0.338. The molecule has 2 N–H and O–H groups in total. The van der Waals surface area contributed by atoms with Crippen molar-refractivity contribution in [2.45, 2.75) is 12.5 Å². The highest BCUT2D eigenvalue weighted by atomic mass is 16.5. The number of hydrogen-bond acceptors (Lipinski definition) is 4. The molecule has 84 valence electrons. The maximum atomic E-state index is 9.35. The largest absolute Gasteiger partial charge is 0.493 e. The van der Waals surface area contributed by atoms with Gasteiger partial charge in [-0.2, -0.15) is 0 Å². The molecule has 0 aromatic heterocycles. The first-order valence-corrected chi connectivity index (χ1v) is 4.82. The van der Waals surface area contributed by atoms with Crippen LogP contribution in [0.15, 0.2) is 24.3 Å². The van der Waals surface area contributed by atoms with Crippen LogP contribution in [0.25, 0.3) is 0 Å². The zero-order valence-corrected chi connectivity index (χ0v) is 8.72. The van der Waals surface area contributed by atoms with E-state index in [2.05, 4.69) is 0 Å². The van der Waals surface area contributed by atoms with E-state index in [1.54, 1.807) is 19.2 Å². The van der Waals surface area contributed by atoms with Gasteiger partial charge in [0.15, 0.2) is 11.5 Å². The number of para-hydroxylation sites is 2. The molecule has 0 aliphatic heterocycles. The zero-order chi connectivity index (χ0) is 11.1. The van der Waals surface area contributed by atoms with Crippen molar-refractivity contribution in [3.63, 3.8) is 0 Å². The van der Waals surface area contributed by atoms with E-state index in [-0.39, 0.29) is 13.2 Å². The van der Waals surface area contributed by atoms with E-state index in [4.69, 9.17) is 14.6 Å². The molecule has 0 heterocycles. The van der Waals surface area contributed by atoms with Crippen molar-refractivity contribution >= 4 is 0 Å². The van der Waals surface area contributed by atoms with E-state index >= 15 is 0 Å². The molecule has 0 radical (unpaired) electrons. The van der Waals surface area contributed by atoms with Gasteiger partial charge in [0.1, 0.15) is 6.61 Å². The summed E-state index contributed by atoms with van der Waals surface area (Å²) >= 11 is 0. The highest BCUT2D eigenvalue weighted by molar-refractivity contribution is 5.39. The number of hydrogen-bond donors (Lipinski definition) is 2. The summed E-state index contributed by atoms with van der Waals surface area (Å²) in [4.78, 5) is 0. The van der Waals surface area contributed by atoms with E-state index in [9.17, 15) is 5.11 Å². The third kappa shape index (κ3) is 3.77. The van der Waals surface area contributed by atoms with E-state index in [0.29, 0.717) is 17.9 Å². The smallest absolute Gasteiger partial charge is 0.161 e. The van der Waals surface area contributed by atoms with Crippen molar-refractivity contribution in [2.75, 3.05) is 20.3 Å². The first kappa shape index (κ1) is 11.8. The van der Waals surface area contributed by atoms with Gasteiger partial charge in [-0.15, -0.1) is 0 Å². The summed E-state index contributed by atoms with van der Waals surface area (Å²) in [7, 11) is 1.56. The van der Waals surface area contributed by atoms with Crippen LogP contribution in [0.2, 0.25) is 0 Å². The Balaban J connectivity index is 2.49. The summed E-state index contributed by atoms with van der Waals surface area (Å²) < 4.78 is 10.4. The van der Waals surface area contributed by atoms with Crippen LogP contribution in [0.3, 0.4) is 0 Å². The molecular formula is C11H16O4. The van der Waals surface area contributed by atoms with Crippen LogP contribution in [-0.4, -0.2) is 36.6 Å². The summed E-state index contributed by atoms with van der Waals surface area (Å²) in [5, 5.41) is 17.9. The van der Waals surface area contributed by atoms with Gasteiger partial charge in [-0.25, -0.2) is 0 Å². The minimum absolute atomic E-state index is 0.0452. The molecule has 0 amide bonds. The highest BCUT2D eigenvalue weighted by Gasteiger charge is 2.07. The molecule has 0 saturated carbocycles. The second-order valence-electron chi connectivity index (χ2n) is 3.13. The summed E-state index contributed by atoms with van der Waals surface area (Å²) in [6, 6.07) is 7.23. The number of aliphatic hydroxyl groups excluding tert-OH is 2. The minimum atomic E-state index is -0.653. The van der Waals surface area contributed by atoms with Crippen LogP contribution < -0.4 is 9.47 Å².